The van der Waals surface area contributed by atoms with Crippen LogP contribution in [0, 0.1) is 11.8 Å². The summed E-state index contributed by atoms with van der Waals surface area (Å²) in [6, 6.07) is 9.63. The van der Waals surface area contributed by atoms with Crippen molar-refractivity contribution in [2.45, 2.75) is 44.6 Å². The third-order valence-corrected chi connectivity index (χ3v) is 5.68. The molecule has 1 saturated heterocycles. The molecule has 144 valence electrons. The summed E-state index contributed by atoms with van der Waals surface area (Å²) in [5.41, 5.74) is 6.79. The minimum atomic E-state index is 0. The van der Waals surface area contributed by atoms with Crippen molar-refractivity contribution in [2.75, 3.05) is 19.6 Å². The second-order valence-corrected chi connectivity index (χ2v) is 7.46. The minimum absolute atomic E-state index is 0. The largest absolute Gasteiger partial charge is 0.356 e. The maximum atomic E-state index is 12.4. The molecule has 2 amide bonds. The fraction of sp³-hybridized carbons (Fsp3) is 0.600. The summed E-state index contributed by atoms with van der Waals surface area (Å²) < 4.78 is 0. The van der Waals surface area contributed by atoms with Crippen LogP contribution >= 0.6 is 12.4 Å². The molecule has 1 aromatic rings. The molecular formula is C20H30ClN3O2. The summed E-state index contributed by atoms with van der Waals surface area (Å²) in [6.07, 6.45) is 5.73. The highest BCUT2D eigenvalue weighted by Gasteiger charge is 2.27. The zero-order valence-corrected chi connectivity index (χ0v) is 16.0. The number of hydrogen-bond acceptors (Lipinski definition) is 3. The van der Waals surface area contributed by atoms with E-state index >= 15 is 0 Å². The van der Waals surface area contributed by atoms with E-state index in [0.717, 1.165) is 50.8 Å². The van der Waals surface area contributed by atoms with Crippen LogP contribution in [0.15, 0.2) is 30.3 Å². The number of nitrogens with one attached hydrogen (secondary N) is 1. The van der Waals surface area contributed by atoms with Crippen LogP contribution < -0.4 is 11.1 Å². The summed E-state index contributed by atoms with van der Waals surface area (Å²) in [4.78, 5) is 26.5. The molecule has 1 aromatic carbocycles. The molecular weight excluding hydrogens is 350 g/mol. The summed E-state index contributed by atoms with van der Waals surface area (Å²) >= 11 is 0. The average molecular weight is 380 g/mol. The molecule has 5 nitrogen and oxygen atoms in total. The number of nitrogens with zero attached hydrogens (tertiary/aromatic N) is 1. The van der Waals surface area contributed by atoms with E-state index in [1.165, 1.54) is 0 Å². The van der Waals surface area contributed by atoms with E-state index in [9.17, 15) is 9.59 Å². The van der Waals surface area contributed by atoms with E-state index in [1.807, 2.05) is 35.2 Å². The van der Waals surface area contributed by atoms with Crippen molar-refractivity contribution in [1.29, 1.82) is 0 Å². The Kier molecular flexibility index (Phi) is 7.91. The minimum Gasteiger partial charge on any atom is -0.356 e. The van der Waals surface area contributed by atoms with Gasteiger partial charge in [-0.05, 0) is 49.7 Å². The zero-order chi connectivity index (χ0) is 17.6. The van der Waals surface area contributed by atoms with Gasteiger partial charge in [0.05, 0.1) is 0 Å². The van der Waals surface area contributed by atoms with Crippen molar-refractivity contribution < 1.29 is 9.59 Å². The van der Waals surface area contributed by atoms with Crippen LogP contribution in [0.25, 0.3) is 0 Å². The Balaban J connectivity index is 0.00000243. The number of nitrogens with two attached hydrogens (primary N) is 1. The van der Waals surface area contributed by atoms with Gasteiger partial charge in [0, 0.05) is 37.7 Å². The molecule has 0 aromatic heterocycles. The molecule has 1 aliphatic heterocycles. The fourth-order valence-corrected chi connectivity index (χ4v) is 3.99. The topological polar surface area (TPSA) is 75.4 Å². The quantitative estimate of drug-likeness (QED) is 0.825. The van der Waals surface area contributed by atoms with E-state index in [0.29, 0.717) is 24.8 Å². The Morgan fingerprint density at radius 2 is 1.77 bits per heavy atom. The van der Waals surface area contributed by atoms with E-state index in [2.05, 4.69) is 5.32 Å². The van der Waals surface area contributed by atoms with Gasteiger partial charge in [-0.15, -0.1) is 12.4 Å². The van der Waals surface area contributed by atoms with Gasteiger partial charge in [-0.2, -0.15) is 0 Å². The first-order chi connectivity index (χ1) is 12.1. The fourth-order valence-electron chi connectivity index (χ4n) is 3.99. The lowest BCUT2D eigenvalue weighted by Crippen LogP contribution is -2.42. The maximum absolute atomic E-state index is 12.4. The molecule has 3 rings (SSSR count). The van der Waals surface area contributed by atoms with Crippen LogP contribution in [0.4, 0.5) is 0 Å². The van der Waals surface area contributed by atoms with Crippen LogP contribution in [-0.2, 0) is 4.79 Å². The number of amides is 2. The third-order valence-electron chi connectivity index (χ3n) is 5.68. The number of halogens is 1. The predicted octanol–water partition coefficient (Wildman–Crippen LogP) is 2.59. The number of hydrogen-bond donors (Lipinski definition) is 2. The molecule has 2 atom stereocenters. The molecule has 2 fully saturated rings. The third kappa shape index (κ3) is 5.45. The Morgan fingerprint density at radius 3 is 2.38 bits per heavy atom. The molecule has 1 heterocycles. The molecule has 0 bridgehead atoms. The van der Waals surface area contributed by atoms with Crippen molar-refractivity contribution >= 4 is 24.2 Å². The first-order valence-electron chi connectivity index (χ1n) is 9.50. The van der Waals surface area contributed by atoms with Crippen molar-refractivity contribution in [1.82, 2.24) is 10.2 Å². The van der Waals surface area contributed by atoms with E-state index in [1.54, 1.807) is 0 Å². The molecule has 26 heavy (non-hydrogen) atoms. The Morgan fingerprint density at radius 1 is 1.08 bits per heavy atom. The SMILES string of the molecule is Cl.N[C@@H]1CCC[C@H]1CC(=O)NCC1CCN(C(=O)c2ccccc2)CC1. The van der Waals surface area contributed by atoms with Crippen LogP contribution in [0.3, 0.4) is 0 Å². The molecule has 0 radical (unpaired) electrons. The van der Waals surface area contributed by atoms with Gasteiger partial charge in [0.1, 0.15) is 0 Å². The molecule has 2 aliphatic rings. The van der Waals surface area contributed by atoms with Crippen LogP contribution in [0.2, 0.25) is 0 Å². The highest BCUT2D eigenvalue weighted by Crippen LogP contribution is 2.26. The number of benzene rings is 1. The van der Waals surface area contributed by atoms with Gasteiger partial charge in [-0.3, -0.25) is 9.59 Å². The first-order valence-corrected chi connectivity index (χ1v) is 9.50. The molecule has 1 saturated carbocycles. The second kappa shape index (κ2) is 9.93. The standard InChI is InChI=1S/C20H29N3O2.ClH/c21-18-8-4-7-17(18)13-19(24)22-14-15-9-11-23(12-10-15)20(25)16-5-2-1-3-6-16;/h1-3,5-6,15,17-18H,4,7-14,21H2,(H,22,24);1H/t17-,18+;/m0./s1. The van der Waals surface area contributed by atoms with E-state index in [4.69, 9.17) is 5.73 Å². The maximum Gasteiger partial charge on any atom is 0.253 e. The lowest BCUT2D eigenvalue weighted by molar-refractivity contribution is -0.122. The highest BCUT2D eigenvalue weighted by atomic mass is 35.5. The van der Waals surface area contributed by atoms with Gasteiger partial charge >= 0.3 is 0 Å². The number of likely N-dealkylation sites (tertiary alicyclic amines) is 1. The number of rotatable bonds is 5. The van der Waals surface area contributed by atoms with Crippen LogP contribution in [0.5, 0.6) is 0 Å². The molecule has 6 heteroatoms. The predicted molar refractivity (Wildman–Crippen MR) is 105 cm³/mol. The monoisotopic (exact) mass is 379 g/mol. The lowest BCUT2D eigenvalue weighted by atomic mass is 9.95. The number of piperidine rings is 1. The molecule has 0 spiro atoms. The molecule has 3 N–H and O–H groups in total. The summed E-state index contributed by atoms with van der Waals surface area (Å²) in [5.74, 6) is 1.05. The summed E-state index contributed by atoms with van der Waals surface area (Å²) in [7, 11) is 0. The Bertz CT molecular complexity index is 588. The van der Waals surface area contributed by atoms with Gasteiger partial charge in [-0.25, -0.2) is 0 Å². The van der Waals surface area contributed by atoms with E-state index < -0.39 is 0 Å². The van der Waals surface area contributed by atoms with Crippen LogP contribution in [0.1, 0.15) is 48.9 Å². The summed E-state index contributed by atoms with van der Waals surface area (Å²) in [5, 5.41) is 3.08. The Hall–Kier alpha value is -1.59. The van der Waals surface area contributed by atoms with Crippen molar-refractivity contribution in [2.24, 2.45) is 17.6 Å². The van der Waals surface area contributed by atoms with Gasteiger partial charge in [0.25, 0.3) is 5.91 Å². The van der Waals surface area contributed by atoms with E-state index in [-0.39, 0.29) is 30.3 Å². The molecule has 0 unspecified atom stereocenters. The van der Waals surface area contributed by atoms with Gasteiger partial charge in [0.15, 0.2) is 0 Å². The average Bonchev–Trinajstić information content (AvgIpc) is 3.05. The zero-order valence-electron chi connectivity index (χ0n) is 15.2. The number of carbonyl (C=O) groups is 2. The normalized spacial score (nSPS) is 23.3. The smallest absolute Gasteiger partial charge is 0.253 e. The first kappa shape index (κ1) is 20.7. The van der Waals surface area contributed by atoms with Gasteiger partial charge in [-0.1, -0.05) is 24.6 Å². The Labute approximate surface area is 162 Å². The van der Waals surface area contributed by atoms with Crippen molar-refractivity contribution in [3.63, 3.8) is 0 Å². The second-order valence-electron chi connectivity index (χ2n) is 7.46. The van der Waals surface area contributed by atoms with Crippen LogP contribution in [-0.4, -0.2) is 42.4 Å². The summed E-state index contributed by atoms with van der Waals surface area (Å²) in [6.45, 7) is 2.25. The van der Waals surface area contributed by atoms with Gasteiger partial charge < -0.3 is 16.0 Å². The van der Waals surface area contributed by atoms with Crippen molar-refractivity contribution in [3.8, 4) is 0 Å². The number of carbonyl (C=O) groups excluding carboxylic acids is 2. The van der Waals surface area contributed by atoms with Gasteiger partial charge in [0.2, 0.25) is 5.91 Å². The highest BCUT2D eigenvalue weighted by molar-refractivity contribution is 5.94. The van der Waals surface area contributed by atoms with Crippen molar-refractivity contribution in [3.05, 3.63) is 35.9 Å². The lowest BCUT2D eigenvalue weighted by Gasteiger charge is -2.32. The molecule has 1 aliphatic carbocycles.